The highest BCUT2D eigenvalue weighted by molar-refractivity contribution is 7.92. The van der Waals surface area contributed by atoms with Crippen molar-refractivity contribution in [3.05, 3.63) is 77.6 Å². The highest BCUT2D eigenvalue weighted by Crippen LogP contribution is 2.28. The molecule has 0 spiro atoms. The van der Waals surface area contributed by atoms with Crippen LogP contribution in [-0.2, 0) is 10.0 Å². The Morgan fingerprint density at radius 2 is 1.74 bits per heavy atom. The third kappa shape index (κ3) is 7.41. The smallest absolute Gasteiger partial charge is 0.338 e. The summed E-state index contributed by atoms with van der Waals surface area (Å²) in [5.41, 5.74) is 1.26. The lowest BCUT2D eigenvalue weighted by Crippen LogP contribution is -2.26. The minimum absolute atomic E-state index is 0.0172. The van der Waals surface area contributed by atoms with Gasteiger partial charge in [0.25, 0.3) is 0 Å². The van der Waals surface area contributed by atoms with Gasteiger partial charge in [0.05, 0.1) is 23.6 Å². The molecule has 0 bridgehead atoms. The van der Waals surface area contributed by atoms with Gasteiger partial charge in [0.15, 0.2) is 0 Å². The summed E-state index contributed by atoms with van der Waals surface area (Å²) in [5, 5.41) is 32.1. The van der Waals surface area contributed by atoms with Gasteiger partial charge in [0.2, 0.25) is 10.0 Å². The zero-order valence-electron chi connectivity index (χ0n) is 18.7. The number of carbonyl (C=O) groups is 1. The zero-order chi connectivity index (χ0) is 25.6. The van der Waals surface area contributed by atoms with Gasteiger partial charge in [0.1, 0.15) is 23.9 Å². The molecule has 35 heavy (non-hydrogen) atoms. The van der Waals surface area contributed by atoms with Crippen molar-refractivity contribution < 1.29 is 37.7 Å². The Bertz CT molecular complexity index is 1300. The van der Waals surface area contributed by atoms with E-state index in [1.54, 1.807) is 24.3 Å². The van der Waals surface area contributed by atoms with Crippen molar-refractivity contribution in [2.45, 2.75) is 6.10 Å². The number of carboxylic acid groups (broad SMARTS) is 1. The van der Waals surface area contributed by atoms with E-state index in [-0.39, 0.29) is 23.5 Å². The van der Waals surface area contributed by atoms with Crippen molar-refractivity contribution in [3.8, 4) is 22.6 Å². The molecule has 3 aromatic rings. The first-order chi connectivity index (χ1) is 16.5. The van der Waals surface area contributed by atoms with Gasteiger partial charge in [-0.15, -0.1) is 0 Å². The van der Waals surface area contributed by atoms with Crippen molar-refractivity contribution in [1.29, 1.82) is 0 Å². The number of aromatic carboxylic acids is 1. The van der Waals surface area contributed by atoms with Crippen LogP contribution in [0.3, 0.4) is 0 Å². The molecule has 0 aromatic heterocycles. The van der Waals surface area contributed by atoms with Gasteiger partial charge in [-0.2, -0.15) is 0 Å². The molecule has 0 radical (unpaired) electrons. The molecular weight excluding hydrogens is 479 g/mol. The molecule has 9 nitrogen and oxygen atoms in total. The summed E-state index contributed by atoms with van der Waals surface area (Å²) in [7, 11) is -3.58. The summed E-state index contributed by atoms with van der Waals surface area (Å²) in [6.45, 7) is 0.876. The molecule has 0 aliphatic rings. The summed E-state index contributed by atoms with van der Waals surface area (Å²) >= 11 is 0. The van der Waals surface area contributed by atoms with Gasteiger partial charge in [-0.25, -0.2) is 17.6 Å². The first kappa shape index (κ1) is 25.9. The molecule has 0 fully saturated rings. The number of aromatic hydroxyl groups is 1. The molecular formula is C24H25FN2O7S. The minimum atomic E-state index is -3.58. The predicted octanol–water partition coefficient (Wildman–Crippen LogP) is 2.97. The summed E-state index contributed by atoms with van der Waals surface area (Å²) < 4.78 is 44.5. The first-order valence-electron chi connectivity index (χ1n) is 10.5. The lowest BCUT2D eigenvalue weighted by molar-refractivity contribution is 0.0692. The first-order valence-corrected chi connectivity index (χ1v) is 12.4. The summed E-state index contributed by atoms with van der Waals surface area (Å²) in [5.74, 6) is -1.80. The van der Waals surface area contributed by atoms with Crippen molar-refractivity contribution in [2.24, 2.45) is 0 Å². The number of sulfonamides is 1. The molecule has 0 aliphatic heterocycles. The lowest BCUT2D eigenvalue weighted by atomic mass is 10.0. The Morgan fingerprint density at radius 3 is 2.37 bits per heavy atom. The molecule has 0 heterocycles. The molecule has 0 aliphatic carbocycles. The number of nitrogens with one attached hydrogen (secondary N) is 2. The molecule has 1 atom stereocenters. The average molecular weight is 505 g/mol. The Labute approximate surface area is 201 Å². The maximum Gasteiger partial charge on any atom is 0.338 e. The van der Waals surface area contributed by atoms with E-state index >= 15 is 0 Å². The second kappa shape index (κ2) is 11.2. The van der Waals surface area contributed by atoms with Crippen LogP contribution in [0.5, 0.6) is 11.5 Å². The number of aliphatic hydroxyl groups excluding tert-OH is 1. The van der Waals surface area contributed by atoms with Crippen molar-refractivity contribution in [2.75, 3.05) is 30.7 Å². The van der Waals surface area contributed by atoms with Gasteiger partial charge < -0.3 is 25.4 Å². The van der Waals surface area contributed by atoms with Crippen molar-refractivity contribution in [1.82, 2.24) is 5.32 Å². The van der Waals surface area contributed by atoms with E-state index < -0.39 is 27.9 Å². The quantitative estimate of drug-likeness (QED) is 0.198. The van der Waals surface area contributed by atoms with E-state index in [4.69, 9.17) is 9.84 Å². The van der Waals surface area contributed by atoms with Crippen LogP contribution in [0.2, 0.25) is 0 Å². The van der Waals surface area contributed by atoms with Crippen LogP contribution in [0.15, 0.2) is 60.7 Å². The summed E-state index contributed by atoms with van der Waals surface area (Å²) in [4.78, 5) is 10.9. The number of aliphatic hydroxyl groups is 1. The van der Waals surface area contributed by atoms with Crippen LogP contribution in [0.1, 0.15) is 22.0 Å². The molecule has 3 aromatic carbocycles. The van der Waals surface area contributed by atoms with Gasteiger partial charge in [-0.05, 0) is 53.1 Å². The molecule has 3 rings (SSSR count). The Morgan fingerprint density at radius 1 is 1.06 bits per heavy atom. The van der Waals surface area contributed by atoms with Crippen LogP contribution in [0.4, 0.5) is 10.1 Å². The van der Waals surface area contributed by atoms with Gasteiger partial charge in [-0.3, -0.25) is 4.72 Å². The highest BCUT2D eigenvalue weighted by Gasteiger charge is 2.13. The van der Waals surface area contributed by atoms with E-state index in [9.17, 15) is 27.8 Å². The normalized spacial score (nSPS) is 12.2. The molecule has 0 saturated heterocycles. The number of hydrogen-bond donors (Lipinski definition) is 5. The average Bonchev–Trinajstić information content (AvgIpc) is 2.79. The number of ether oxygens (including phenoxy) is 1. The number of hydrogen-bond acceptors (Lipinski definition) is 7. The number of phenols is 1. The molecule has 11 heteroatoms. The maximum atomic E-state index is 13.9. The van der Waals surface area contributed by atoms with Crippen LogP contribution in [0.25, 0.3) is 11.1 Å². The Kier molecular flexibility index (Phi) is 8.28. The third-order valence-corrected chi connectivity index (χ3v) is 5.56. The molecule has 186 valence electrons. The lowest BCUT2D eigenvalue weighted by Gasteiger charge is -2.15. The molecule has 5 N–H and O–H groups in total. The summed E-state index contributed by atoms with van der Waals surface area (Å²) in [6.07, 6.45) is 0.0195. The number of halogens is 1. The summed E-state index contributed by atoms with van der Waals surface area (Å²) in [6, 6.07) is 15.0. The van der Waals surface area contributed by atoms with Crippen LogP contribution >= 0.6 is 0 Å². The Balaban J connectivity index is 1.47. The van der Waals surface area contributed by atoms with Gasteiger partial charge in [-0.1, -0.05) is 24.3 Å². The van der Waals surface area contributed by atoms with Gasteiger partial charge >= 0.3 is 5.97 Å². The standard InChI is InChI=1S/C24H25FN2O7S/c1-35(32,33)27-21-13-17(5-9-22(21)28)23(29)14-26-10-11-34-18-6-2-15(3-7-18)16-4-8-19(24(30)31)20(25)12-16/h2-9,12-13,23,26-29H,10-11,14H2,1H3,(H,30,31). The van der Waals surface area contributed by atoms with Crippen LogP contribution in [0, 0.1) is 5.82 Å². The van der Waals surface area contributed by atoms with E-state index in [2.05, 4.69) is 10.0 Å². The predicted molar refractivity (Wildman–Crippen MR) is 129 cm³/mol. The SMILES string of the molecule is CS(=O)(=O)Nc1cc(C(O)CNCCOc2ccc(-c3ccc(C(=O)O)c(F)c3)cc2)ccc1O. The van der Waals surface area contributed by atoms with E-state index in [1.165, 1.54) is 36.4 Å². The fourth-order valence-electron chi connectivity index (χ4n) is 3.25. The van der Waals surface area contributed by atoms with Crippen molar-refractivity contribution in [3.63, 3.8) is 0 Å². The number of rotatable bonds is 11. The second-order valence-corrected chi connectivity index (χ2v) is 9.49. The highest BCUT2D eigenvalue weighted by atomic mass is 32.2. The van der Waals surface area contributed by atoms with Crippen LogP contribution in [-0.4, -0.2) is 55.7 Å². The van der Waals surface area contributed by atoms with E-state index in [1.807, 2.05) is 0 Å². The maximum absolute atomic E-state index is 13.9. The van der Waals surface area contributed by atoms with E-state index in [0.717, 1.165) is 6.26 Å². The molecule has 0 saturated carbocycles. The number of carboxylic acids is 1. The second-order valence-electron chi connectivity index (χ2n) is 7.74. The number of phenolic OH excluding ortho intramolecular Hbond substituents is 1. The third-order valence-electron chi connectivity index (χ3n) is 4.97. The zero-order valence-corrected chi connectivity index (χ0v) is 19.5. The molecule has 0 amide bonds. The number of anilines is 1. The largest absolute Gasteiger partial charge is 0.506 e. The number of benzene rings is 3. The fourth-order valence-corrected chi connectivity index (χ4v) is 3.81. The minimum Gasteiger partial charge on any atom is -0.506 e. The Hall–Kier alpha value is -3.67. The topological polar surface area (TPSA) is 145 Å². The molecule has 1 unspecified atom stereocenters. The monoisotopic (exact) mass is 504 g/mol. The van der Waals surface area contributed by atoms with Gasteiger partial charge in [0, 0.05) is 13.1 Å². The van der Waals surface area contributed by atoms with Crippen LogP contribution < -0.4 is 14.8 Å². The van der Waals surface area contributed by atoms with Crippen molar-refractivity contribution >= 4 is 21.7 Å². The fraction of sp³-hybridized carbons (Fsp3) is 0.208. The van der Waals surface area contributed by atoms with E-state index in [0.29, 0.717) is 35.6 Å².